The fourth-order valence-corrected chi connectivity index (χ4v) is 3.31. The van der Waals surface area contributed by atoms with Crippen molar-refractivity contribution in [2.24, 2.45) is 5.92 Å². The number of rotatable bonds is 5. The summed E-state index contributed by atoms with van der Waals surface area (Å²) in [5.74, 6) is 1.61. The molecule has 4 heteroatoms. The van der Waals surface area contributed by atoms with Gasteiger partial charge in [-0.3, -0.25) is 4.79 Å². The molecule has 0 unspecified atom stereocenters. The Hall–Kier alpha value is -2.10. The normalized spacial score (nSPS) is 19.9. The predicted molar refractivity (Wildman–Crippen MR) is 86.4 cm³/mol. The summed E-state index contributed by atoms with van der Waals surface area (Å²) < 4.78 is 2.08. The lowest BCUT2D eigenvalue weighted by molar-refractivity contribution is -0.122. The number of imidazole rings is 1. The van der Waals surface area contributed by atoms with Crippen LogP contribution in [-0.4, -0.2) is 15.5 Å². The van der Waals surface area contributed by atoms with Crippen LogP contribution in [0.4, 0.5) is 0 Å². The van der Waals surface area contributed by atoms with Crippen molar-refractivity contribution in [2.45, 2.75) is 45.7 Å². The fourth-order valence-electron chi connectivity index (χ4n) is 3.31. The summed E-state index contributed by atoms with van der Waals surface area (Å²) in [5, 5.41) is 3.22. The van der Waals surface area contributed by atoms with Crippen molar-refractivity contribution in [3.63, 3.8) is 0 Å². The van der Waals surface area contributed by atoms with Gasteiger partial charge < -0.3 is 9.88 Å². The summed E-state index contributed by atoms with van der Waals surface area (Å²) in [6.07, 6.45) is 6.21. The highest BCUT2D eigenvalue weighted by Crippen LogP contribution is 2.35. The third-order valence-corrected chi connectivity index (χ3v) is 4.54. The Morgan fingerprint density at radius 2 is 2.23 bits per heavy atom. The molecule has 1 heterocycles. The summed E-state index contributed by atoms with van der Waals surface area (Å²) >= 11 is 0. The monoisotopic (exact) mass is 297 g/mol. The molecule has 2 atom stereocenters. The van der Waals surface area contributed by atoms with E-state index in [9.17, 15) is 4.79 Å². The zero-order valence-corrected chi connectivity index (χ0v) is 13.2. The van der Waals surface area contributed by atoms with E-state index in [1.54, 1.807) is 6.20 Å². The zero-order valence-electron chi connectivity index (χ0n) is 13.2. The largest absolute Gasteiger partial charge is 0.349 e. The minimum absolute atomic E-state index is 0.145. The molecule has 4 nitrogen and oxygen atoms in total. The Morgan fingerprint density at radius 3 is 3.00 bits per heavy atom. The SMILES string of the molecule is Cc1nccn1CCCC(=O)N[C@@H]1c2ccccc2C[C@@H]1C. The highest BCUT2D eigenvalue weighted by molar-refractivity contribution is 5.76. The molecule has 1 aromatic carbocycles. The molecular formula is C18H23N3O. The highest BCUT2D eigenvalue weighted by Gasteiger charge is 2.29. The number of carbonyl (C=O) groups is 1. The van der Waals surface area contributed by atoms with Crippen LogP contribution in [0.3, 0.4) is 0 Å². The van der Waals surface area contributed by atoms with Gasteiger partial charge in [0, 0.05) is 25.4 Å². The van der Waals surface area contributed by atoms with E-state index >= 15 is 0 Å². The summed E-state index contributed by atoms with van der Waals surface area (Å²) in [5.41, 5.74) is 2.66. The molecule has 0 saturated carbocycles. The lowest BCUT2D eigenvalue weighted by Crippen LogP contribution is -2.30. The van der Waals surface area contributed by atoms with Crippen molar-refractivity contribution in [2.75, 3.05) is 0 Å². The van der Waals surface area contributed by atoms with Crippen LogP contribution < -0.4 is 5.32 Å². The third kappa shape index (κ3) is 3.06. The molecule has 2 aromatic rings. The van der Waals surface area contributed by atoms with Crippen LogP contribution in [0.25, 0.3) is 0 Å². The molecule has 3 rings (SSSR count). The van der Waals surface area contributed by atoms with Gasteiger partial charge in [-0.05, 0) is 36.8 Å². The number of hydrogen-bond acceptors (Lipinski definition) is 2. The lowest BCUT2D eigenvalue weighted by Gasteiger charge is -2.19. The molecule has 1 aliphatic carbocycles. The number of fused-ring (bicyclic) bond motifs is 1. The van der Waals surface area contributed by atoms with Crippen LogP contribution in [0.5, 0.6) is 0 Å². The number of carbonyl (C=O) groups excluding carboxylic acids is 1. The van der Waals surface area contributed by atoms with Gasteiger partial charge in [0.2, 0.25) is 5.91 Å². The Morgan fingerprint density at radius 1 is 1.41 bits per heavy atom. The predicted octanol–water partition coefficient (Wildman–Crippen LogP) is 3.02. The number of benzene rings is 1. The van der Waals surface area contributed by atoms with Crippen LogP contribution in [0.2, 0.25) is 0 Å². The van der Waals surface area contributed by atoms with Gasteiger partial charge in [-0.15, -0.1) is 0 Å². The van der Waals surface area contributed by atoms with E-state index in [0.29, 0.717) is 12.3 Å². The molecule has 0 fully saturated rings. The van der Waals surface area contributed by atoms with Crippen LogP contribution in [0.15, 0.2) is 36.7 Å². The Kier molecular flexibility index (Phi) is 4.27. The van der Waals surface area contributed by atoms with E-state index in [-0.39, 0.29) is 11.9 Å². The minimum atomic E-state index is 0.145. The van der Waals surface area contributed by atoms with Crippen LogP contribution >= 0.6 is 0 Å². The second kappa shape index (κ2) is 6.34. The van der Waals surface area contributed by atoms with E-state index in [1.807, 2.05) is 13.1 Å². The number of nitrogens with zero attached hydrogens (tertiary/aromatic N) is 2. The van der Waals surface area contributed by atoms with Gasteiger partial charge in [-0.1, -0.05) is 31.2 Å². The molecule has 1 aromatic heterocycles. The van der Waals surface area contributed by atoms with Gasteiger partial charge in [0.15, 0.2) is 0 Å². The average Bonchev–Trinajstić information content (AvgIpc) is 3.04. The van der Waals surface area contributed by atoms with Crippen molar-refractivity contribution in [3.8, 4) is 0 Å². The molecule has 0 spiro atoms. The van der Waals surface area contributed by atoms with E-state index in [2.05, 4.69) is 46.1 Å². The molecule has 1 aliphatic rings. The summed E-state index contributed by atoms with van der Waals surface area (Å²) in [7, 11) is 0. The minimum Gasteiger partial charge on any atom is -0.349 e. The van der Waals surface area contributed by atoms with Gasteiger partial charge >= 0.3 is 0 Å². The number of hydrogen-bond donors (Lipinski definition) is 1. The number of aromatic nitrogens is 2. The summed E-state index contributed by atoms with van der Waals surface area (Å²) in [6, 6.07) is 8.60. The van der Waals surface area contributed by atoms with Gasteiger partial charge in [-0.2, -0.15) is 0 Å². The van der Waals surface area contributed by atoms with Gasteiger partial charge in [0.25, 0.3) is 0 Å². The first-order valence-corrected chi connectivity index (χ1v) is 8.00. The van der Waals surface area contributed by atoms with Crippen LogP contribution in [-0.2, 0) is 17.8 Å². The smallest absolute Gasteiger partial charge is 0.220 e. The molecule has 0 saturated heterocycles. The first-order chi connectivity index (χ1) is 10.6. The van der Waals surface area contributed by atoms with Crippen LogP contribution in [0.1, 0.15) is 42.8 Å². The molecule has 1 N–H and O–H groups in total. The van der Waals surface area contributed by atoms with Gasteiger partial charge in [-0.25, -0.2) is 4.98 Å². The van der Waals surface area contributed by atoms with Crippen molar-refractivity contribution in [1.29, 1.82) is 0 Å². The second-order valence-electron chi connectivity index (χ2n) is 6.20. The Labute approximate surface area is 131 Å². The van der Waals surface area contributed by atoms with E-state index in [4.69, 9.17) is 0 Å². The van der Waals surface area contributed by atoms with Crippen LogP contribution in [0, 0.1) is 12.8 Å². The molecule has 1 amide bonds. The van der Waals surface area contributed by atoms with Crippen molar-refractivity contribution >= 4 is 5.91 Å². The maximum atomic E-state index is 12.2. The topological polar surface area (TPSA) is 46.9 Å². The average molecular weight is 297 g/mol. The van der Waals surface area contributed by atoms with E-state index < -0.39 is 0 Å². The lowest BCUT2D eigenvalue weighted by atomic mass is 10.0. The molecule has 116 valence electrons. The van der Waals surface area contributed by atoms with Gasteiger partial charge in [0.05, 0.1) is 6.04 Å². The maximum Gasteiger partial charge on any atom is 0.220 e. The first kappa shape index (κ1) is 14.8. The first-order valence-electron chi connectivity index (χ1n) is 8.00. The summed E-state index contributed by atoms with van der Waals surface area (Å²) in [4.78, 5) is 16.4. The van der Waals surface area contributed by atoms with Crippen molar-refractivity contribution in [3.05, 3.63) is 53.6 Å². The van der Waals surface area contributed by atoms with Crippen molar-refractivity contribution < 1.29 is 4.79 Å². The molecular weight excluding hydrogens is 274 g/mol. The quantitative estimate of drug-likeness (QED) is 0.922. The van der Waals surface area contributed by atoms with Gasteiger partial charge in [0.1, 0.15) is 5.82 Å². The number of aryl methyl sites for hydroxylation is 2. The third-order valence-electron chi connectivity index (χ3n) is 4.54. The molecule has 0 radical (unpaired) electrons. The Balaban J connectivity index is 1.53. The van der Waals surface area contributed by atoms with E-state index in [0.717, 1.165) is 25.2 Å². The molecule has 0 aliphatic heterocycles. The van der Waals surface area contributed by atoms with Crippen molar-refractivity contribution in [1.82, 2.24) is 14.9 Å². The zero-order chi connectivity index (χ0) is 15.5. The molecule has 22 heavy (non-hydrogen) atoms. The summed E-state index contributed by atoms with van der Waals surface area (Å²) in [6.45, 7) is 5.03. The Bertz CT molecular complexity index is 662. The number of amides is 1. The fraction of sp³-hybridized carbons (Fsp3) is 0.444. The number of nitrogens with one attached hydrogen (secondary N) is 1. The maximum absolute atomic E-state index is 12.2. The standard InChI is InChI=1S/C18H23N3O/c1-13-12-15-6-3-4-7-16(15)18(13)20-17(22)8-5-10-21-11-9-19-14(21)2/h3-4,6-7,9,11,13,18H,5,8,10,12H2,1-2H3,(H,20,22)/t13-,18-/m0/s1. The molecule has 0 bridgehead atoms. The van der Waals surface area contributed by atoms with E-state index in [1.165, 1.54) is 11.1 Å². The second-order valence-corrected chi connectivity index (χ2v) is 6.20. The highest BCUT2D eigenvalue weighted by atomic mass is 16.1.